The zero-order valence-corrected chi connectivity index (χ0v) is 19.9. The number of pyridine rings is 1. The van der Waals surface area contributed by atoms with Crippen LogP contribution in [0.3, 0.4) is 0 Å². The van der Waals surface area contributed by atoms with E-state index in [1.165, 1.54) is 0 Å². The van der Waals surface area contributed by atoms with Gasteiger partial charge in [0.1, 0.15) is 17.2 Å². The molecule has 3 rings (SSSR count). The summed E-state index contributed by atoms with van der Waals surface area (Å²) in [5.41, 5.74) is 2.61. The number of nitrogens with zero attached hydrogens (tertiary/aromatic N) is 1. The summed E-state index contributed by atoms with van der Waals surface area (Å²) in [7, 11) is 0. The maximum absolute atomic E-state index is 12.9. The Bertz CT molecular complexity index is 1080. The van der Waals surface area contributed by atoms with Gasteiger partial charge in [0.15, 0.2) is 0 Å². The Morgan fingerprint density at radius 2 is 1.67 bits per heavy atom. The lowest BCUT2D eigenvalue weighted by atomic mass is 10.1. The molecule has 33 heavy (non-hydrogen) atoms. The molecule has 1 heterocycles. The smallest absolute Gasteiger partial charge is 0.257 e. The van der Waals surface area contributed by atoms with Crippen LogP contribution in [0.2, 0.25) is 0 Å². The van der Waals surface area contributed by atoms with Crippen molar-refractivity contribution in [2.24, 2.45) is 0 Å². The lowest BCUT2D eigenvalue weighted by Crippen LogP contribution is -2.16. The number of carbonyl (C=O) groups is 1. The third-order valence-corrected chi connectivity index (χ3v) is 4.85. The average molecular weight is 449 g/mol. The third kappa shape index (κ3) is 7.05. The normalized spacial score (nSPS) is 11.8. The number of nitrogens with one attached hydrogen (secondary N) is 1. The Balaban J connectivity index is 1.68. The van der Waals surface area contributed by atoms with E-state index < -0.39 is 0 Å². The summed E-state index contributed by atoms with van der Waals surface area (Å²) in [5.74, 6) is 1.82. The van der Waals surface area contributed by atoms with Crippen molar-refractivity contribution in [2.75, 3.05) is 11.9 Å². The number of ether oxygens (including phenoxy) is 3. The minimum atomic E-state index is -0.226. The predicted octanol–water partition coefficient (Wildman–Crippen LogP) is 6.71. The van der Waals surface area contributed by atoms with Gasteiger partial charge in [-0.3, -0.25) is 9.78 Å². The monoisotopic (exact) mass is 448 g/mol. The highest BCUT2D eigenvalue weighted by molar-refractivity contribution is 6.05. The molecule has 0 fully saturated rings. The van der Waals surface area contributed by atoms with Gasteiger partial charge < -0.3 is 19.5 Å². The molecule has 0 saturated heterocycles. The van der Waals surface area contributed by atoms with E-state index in [2.05, 4.69) is 17.2 Å². The van der Waals surface area contributed by atoms with Crippen LogP contribution in [0.5, 0.6) is 17.2 Å². The molecule has 1 aromatic heterocycles. The first-order valence-corrected chi connectivity index (χ1v) is 11.3. The number of anilines is 1. The summed E-state index contributed by atoms with van der Waals surface area (Å²) in [4.78, 5) is 17.4. The largest absolute Gasteiger partial charge is 0.493 e. The van der Waals surface area contributed by atoms with Gasteiger partial charge in [0, 0.05) is 17.8 Å². The Hall–Kier alpha value is -3.38. The van der Waals surface area contributed by atoms with E-state index in [0.717, 1.165) is 17.9 Å². The molecule has 0 aliphatic carbocycles. The van der Waals surface area contributed by atoms with Crippen molar-refractivity contribution in [3.05, 3.63) is 77.6 Å². The molecule has 1 amide bonds. The molecule has 2 aromatic carbocycles. The van der Waals surface area contributed by atoms with E-state index in [4.69, 9.17) is 14.2 Å². The second-order valence-electron chi connectivity index (χ2n) is 8.10. The zero-order valence-electron chi connectivity index (χ0n) is 19.9. The van der Waals surface area contributed by atoms with Gasteiger partial charge in [-0.15, -0.1) is 0 Å². The van der Waals surface area contributed by atoms with Crippen LogP contribution in [0.15, 0.2) is 60.7 Å². The molecule has 1 N–H and O–H groups in total. The van der Waals surface area contributed by atoms with Crippen molar-refractivity contribution in [3.63, 3.8) is 0 Å². The van der Waals surface area contributed by atoms with Gasteiger partial charge in [-0.25, -0.2) is 0 Å². The summed E-state index contributed by atoms with van der Waals surface area (Å²) in [5, 5.41) is 2.93. The Kier molecular flexibility index (Phi) is 8.44. The van der Waals surface area contributed by atoms with E-state index in [-0.39, 0.29) is 18.1 Å². The van der Waals surface area contributed by atoms with Gasteiger partial charge in [-0.1, -0.05) is 19.1 Å². The van der Waals surface area contributed by atoms with Crippen LogP contribution >= 0.6 is 0 Å². The standard InChI is InChI=1S/C27H32N2O4/c1-6-15-31-22-10-8-12-24(17-22)33-23-11-7-9-21(16-23)29-27(30)25-13-14-26(28-19(25)4)20(5)32-18(2)3/h7-14,16-18,20H,6,15H2,1-5H3,(H,29,30). The summed E-state index contributed by atoms with van der Waals surface area (Å²) in [6.07, 6.45) is 0.904. The van der Waals surface area contributed by atoms with Crippen molar-refractivity contribution in [1.29, 1.82) is 0 Å². The fourth-order valence-corrected chi connectivity index (χ4v) is 3.34. The van der Waals surface area contributed by atoms with E-state index in [1.807, 2.05) is 76.2 Å². The van der Waals surface area contributed by atoms with Crippen molar-refractivity contribution in [3.8, 4) is 17.2 Å². The van der Waals surface area contributed by atoms with Crippen molar-refractivity contribution >= 4 is 11.6 Å². The van der Waals surface area contributed by atoms with Crippen LogP contribution in [0.25, 0.3) is 0 Å². The molecule has 0 radical (unpaired) electrons. The number of carbonyl (C=O) groups excluding carboxylic acids is 1. The number of hydrogen-bond acceptors (Lipinski definition) is 5. The van der Waals surface area contributed by atoms with Gasteiger partial charge in [0.05, 0.1) is 35.8 Å². The maximum atomic E-state index is 12.9. The Morgan fingerprint density at radius 3 is 2.36 bits per heavy atom. The molecule has 6 heteroatoms. The third-order valence-electron chi connectivity index (χ3n) is 4.85. The van der Waals surface area contributed by atoms with E-state index >= 15 is 0 Å². The Labute approximate surface area is 195 Å². The van der Waals surface area contributed by atoms with Crippen LogP contribution in [0, 0.1) is 6.92 Å². The molecule has 1 unspecified atom stereocenters. The van der Waals surface area contributed by atoms with Crippen molar-refractivity contribution in [2.45, 2.75) is 53.2 Å². The van der Waals surface area contributed by atoms with Gasteiger partial charge in [-0.05, 0) is 70.5 Å². The fraction of sp³-hybridized carbons (Fsp3) is 0.333. The Morgan fingerprint density at radius 1 is 0.970 bits per heavy atom. The summed E-state index contributed by atoms with van der Waals surface area (Å²) < 4.78 is 17.4. The highest BCUT2D eigenvalue weighted by Gasteiger charge is 2.15. The first kappa shape index (κ1) is 24.3. The highest BCUT2D eigenvalue weighted by Crippen LogP contribution is 2.27. The lowest BCUT2D eigenvalue weighted by Gasteiger charge is -2.17. The molecule has 0 aliphatic heterocycles. The van der Waals surface area contributed by atoms with Gasteiger partial charge in [0.2, 0.25) is 0 Å². The second kappa shape index (κ2) is 11.5. The minimum absolute atomic E-state index is 0.103. The van der Waals surface area contributed by atoms with Gasteiger partial charge in [-0.2, -0.15) is 0 Å². The predicted molar refractivity (Wildman–Crippen MR) is 130 cm³/mol. The molecule has 174 valence electrons. The number of rotatable bonds is 10. The van der Waals surface area contributed by atoms with E-state index in [0.29, 0.717) is 35.1 Å². The molecule has 0 bridgehead atoms. The molecule has 3 aromatic rings. The number of benzene rings is 2. The van der Waals surface area contributed by atoms with Crippen molar-refractivity contribution < 1.29 is 19.0 Å². The topological polar surface area (TPSA) is 69.7 Å². The molecule has 0 aliphatic rings. The quantitative estimate of drug-likeness (QED) is 0.373. The highest BCUT2D eigenvalue weighted by atomic mass is 16.5. The molecular weight excluding hydrogens is 416 g/mol. The van der Waals surface area contributed by atoms with Gasteiger partial charge >= 0.3 is 0 Å². The molecule has 6 nitrogen and oxygen atoms in total. The molecule has 0 spiro atoms. The van der Waals surface area contributed by atoms with Crippen LogP contribution in [-0.2, 0) is 4.74 Å². The maximum Gasteiger partial charge on any atom is 0.257 e. The molecule has 0 saturated carbocycles. The SMILES string of the molecule is CCCOc1cccc(Oc2cccc(NC(=O)c3ccc(C(C)OC(C)C)nc3C)c2)c1. The summed E-state index contributed by atoms with van der Waals surface area (Å²) in [6, 6.07) is 18.4. The zero-order chi connectivity index (χ0) is 23.8. The number of hydrogen-bond donors (Lipinski definition) is 1. The summed E-state index contributed by atoms with van der Waals surface area (Å²) >= 11 is 0. The van der Waals surface area contributed by atoms with Crippen LogP contribution < -0.4 is 14.8 Å². The van der Waals surface area contributed by atoms with Gasteiger partial charge in [0.25, 0.3) is 5.91 Å². The van der Waals surface area contributed by atoms with Crippen molar-refractivity contribution in [1.82, 2.24) is 4.98 Å². The first-order chi connectivity index (χ1) is 15.9. The van der Waals surface area contributed by atoms with E-state index in [9.17, 15) is 4.79 Å². The second-order valence-corrected chi connectivity index (χ2v) is 8.10. The first-order valence-electron chi connectivity index (χ1n) is 11.3. The van der Waals surface area contributed by atoms with Crippen LogP contribution in [0.1, 0.15) is 62.0 Å². The van der Waals surface area contributed by atoms with Crippen LogP contribution in [0.4, 0.5) is 5.69 Å². The molecular formula is C27H32N2O4. The number of aromatic nitrogens is 1. The number of amides is 1. The van der Waals surface area contributed by atoms with E-state index in [1.54, 1.807) is 12.1 Å². The molecule has 1 atom stereocenters. The fourth-order valence-electron chi connectivity index (χ4n) is 3.34. The average Bonchev–Trinajstić information content (AvgIpc) is 2.77. The van der Waals surface area contributed by atoms with Crippen LogP contribution in [-0.4, -0.2) is 23.6 Å². The number of aryl methyl sites for hydroxylation is 1. The summed E-state index contributed by atoms with van der Waals surface area (Å²) in [6.45, 7) is 10.5. The lowest BCUT2D eigenvalue weighted by molar-refractivity contribution is 0.0154. The minimum Gasteiger partial charge on any atom is -0.493 e.